The van der Waals surface area contributed by atoms with E-state index in [1.54, 1.807) is 0 Å². The zero-order chi connectivity index (χ0) is 8.97. The molecule has 1 nitrogen and oxygen atoms in total. The minimum Gasteiger partial charge on any atom is -0.317 e. The van der Waals surface area contributed by atoms with Gasteiger partial charge in [0.25, 0.3) is 0 Å². The summed E-state index contributed by atoms with van der Waals surface area (Å²) >= 11 is 9.26. The molecule has 0 aliphatic carbocycles. The molecule has 3 heteroatoms. The first-order valence-electron chi connectivity index (χ1n) is 3.51. The van der Waals surface area contributed by atoms with Crippen molar-refractivity contribution < 1.29 is 0 Å². The fourth-order valence-electron chi connectivity index (χ4n) is 0.911. The monoisotopic (exact) mass is 243 g/mol. The van der Waals surface area contributed by atoms with Gasteiger partial charge in [-0.1, -0.05) is 27.5 Å². The van der Waals surface area contributed by atoms with Crippen LogP contribution in [0.1, 0.15) is 5.56 Å². The summed E-state index contributed by atoms with van der Waals surface area (Å²) in [5.41, 5.74) is 1.03. The van der Waals surface area contributed by atoms with E-state index in [9.17, 15) is 0 Å². The highest BCUT2D eigenvalue weighted by molar-refractivity contribution is 9.10. The fraction of sp³-hybridized carbons (Fsp3) is 0.222. The topological polar surface area (TPSA) is 4.36 Å². The van der Waals surface area contributed by atoms with Crippen molar-refractivity contribution in [2.75, 3.05) is 6.54 Å². The van der Waals surface area contributed by atoms with Crippen LogP contribution in [-0.2, 0) is 6.42 Å². The Balaban J connectivity index is 2.84. The molecule has 0 fully saturated rings. The molecule has 0 aliphatic rings. The predicted molar refractivity (Wildman–Crippen MR) is 54.3 cm³/mol. The van der Waals surface area contributed by atoms with E-state index in [1.807, 2.05) is 18.2 Å². The van der Waals surface area contributed by atoms with Crippen molar-refractivity contribution in [3.05, 3.63) is 44.7 Å². The molecule has 0 aromatic heterocycles. The first-order valence-corrected chi connectivity index (χ1v) is 4.68. The van der Waals surface area contributed by atoms with Gasteiger partial charge >= 0.3 is 0 Å². The lowest BCUT2D eigenvalue weighted by molar-refractivity contribution is 1.08. The van der Waals surface area contributed by atoms with E-state index in [-0.39, 0.29) is 0 Å². The molecule has 0 atom stereocenters. The van der Waals surface area contributed by atoms with Crippen molar-refractivity contribution >= 4 is 27.5 Å². The van der Waals surface area contributed by atoms with Gasteiger partial charge in [-0.05, 0) is 23.8 Å². The van der Waals surface area contributed by atoms with Gasteiger partial charge in [-0.15, -0.1) is 0 Å². The van der Waals surface area contributed by atoms with E-state index in [2.05, 4.69) is 20.8 Å². The molecule has 1 rings (SSSR count). The average Bonchev–Trinajstić information content (AvgIpc) is 2.07. The summed E-state index contributed by atoms with van der Waals surface area (Å²) in [6, 6.07) is 5.68. The minimum absolute atomic E-state index is 0.496. The molecule has 12 heavy (non-hydrogen) atoms. The highest BCUT2D eigenvalue weighted by Crippen LogP contribution is 2.21. The number of benzene rings is 1. The van der Waals surface area contributed by atoms with Crippen molar-refractivity contribution in [1.82, 2.24) is 0 Å². The molecule has 1 aromatic carbocycles. The third kappa shape index (κ3) is 2.51. The maximum atomic E-state index is 6.65. The van der Waals surface area contributed by atoms with Crippen molar-refractivity contribution in [2.24, 2.45) is 0 Å². The molecule has 0 spiro atoms. The van der Waals surface area contributed by atoms with Crippen molar-refractivity contribution in [3.8, 4) is 0 Å². The molecular formula is C9H7BrClN. The molecule has 0 N–H and O–H groups in total. The van der Waals surface area contributed by atoms with Crippen LogP contribution in [0, 0.1) is 6.57 Å². The van der Waals surface area contributed by atoms with Gasteiger partial charge in [0.15, 0.2) is 0 Å². The quantitative estimate of drug-likeness (QED) is 0.701. The lowest BCUT2D eigenvalue weighted by Gasteiger charge is -1.99. The second-order valence-electron chi connectivity index (χ2n) is 2.37. The number of rotatable bonds is 2. The SMILES string of the molecule is [C-]#[N+]CCc1cc(Br)ccc1Cl. The fourth-order valence-corrected chi connectivity index (χ4v) is 1.53. The smallest absolute Gasteiger partial charge is 0.218 e. The van der Waals surface area contributed by atoms with E-state index < -0.39 is 0 Å². The normalized spacial score (nSPS) is 9.42. The first kappa shape index (κ1) is 9.57. The van der Waals surface area contributed by atoms with E-state index in [0.717, 1.165) is 21.5 Å². The lowest BCUT2D eigenvalue weighted by atomic mass is 10.1. The van der Waals surface area contributed by atoms with Gasteiger partial charge in [-0.3, -0.25) is 0 Å². The summed E-state index contributed by atoms with van der Waals surface area (Å²) in [4.78, 5) is 3.28. The Bertz CT molecular complexity index is 317. The van der Waals surface area contributed by atoms with E-state index >= 15 is 0 Å². The van der Waals surface area contributed by atoms with Crippen LogP contribution in [0.25, 0.3) is 4.85 Å². The zero-order valence-electron chi connectivity index (χ0n) is 6.35. The molecule has 0 unspecified atom stereocenters. The van der Waals surface area contributed by atoms with Crippen LogP contribution < -0.4 is 0 Å². The third-order valence-corrected chi connectivity index (χ3v) is 2.36. The van der Waals surface area contributed by atoms with E-state index in [0.29, 0.717) is 6.54 Å². The maximum Gasteiger partial charge on any atom is 0.218 e. The summed E-state index contributed by atoms with van der Waals surface area (Å²) in [5, 5.41) is 0.738. The molecule has 0 bridgehead atoms. The summed E-state index contributed by atoms with van der Waals surface area (Å²) in [7, 11) is 0. The summed E-state index contributed by atoms with van der Waals surface area (Å²) < 4.78 is 1.01. The molecular weight excluding hydrogens is 237 g/mol. The van der Waals surface area contributed by atoms with Gasteiger partial charge in [-0.2, -0.15) is 0 Å². The average molecular weight is 245 g/mol. The van der Waals surface area contributed by atoms with Gasteiger partial charge in [0.1, 0.15) is 0 Å². The minimum atomic E-state index is 0.496. The van der Waals surface area contributed by atoms with Crippen LogP contribution in [0.5, 0.6) is 0 Å². The Morgan fingerprint density at radius 3 is 2.92 bits per heavy atom. The summed E-state index contributed by atoms with van der Waals surface area (Å²) in [6.45, 7) is 7.14. The molecule has 0 radical (unpaired) electrons. The van der Waals surface area contributed by atoms with Crippen LogP contribution in [0.4, 0.5) is 0 Å². The summed E-state index contributed by atoms with van der Waals surface area (Å²) in [6.07, 6.45) is 0.724. The standard InChI is InChI=1S/C9H7BrClN/c1-12-5-4-7-6-8(10)2-3-9(7)11/h2-3,6H,4-5H2. The Hall–Kier alpha value is -0.520. The van der Waals surface area contributed by atoms with E-state index in [4.69, 9.17) is 18.2 Å². The molecule has 0 heterocycles. The van der Waals surface area contributed by atoms with Crippen LogP contribution in [-0.4, -0.2) is 6.54 Å². The molecule has 0 aliphatic heterocycles. The van der Waals surface area contributed by atoms with Crippen LogP contribution in [0.3, 0.4) is 0 Å². The Morgan fingerprint density at radius 2 is 2.25 bits per heavy atom. The molecule has 1 aromatic rings. The number of hydrogen-bond donors (Lipinski definition) is 0. The second-order valence-corrected chi connectivity index (χ2v) is 3.69. The molecule has 0 amide bonds. The Kier molecular flexibility index (Phi) is 3.58. The summed E-state index contributed by atoms with van der Waals surface area (Å²) in [5.74, 6) is 0. The third-order valence-electron chi connectivity index (χ3n) is 1.50. The first-order chi connectivity index (χ1) is 5.74. The molecule has 0 saturated carbocycles. The van der Waals surface area contributed by atoms with Gasteiger partial charge < -0.3 is 4.85 Å². The number of halogens is 2. The lowest BCUT2D eigenvalue weighted by Crippen LogP contribution is -1.88. The highest BCUT2D eigenvalue weighted by Gasteiger charge is 2.01. The van der Waals surface area contributed by atoms with Crippen molar-refractivity contribution in [3.63, 3.8) is 0 Å². The van der Waals surface area contributed by atoms with Gasteiger partial charge in [0.05, 0.1) is 0 Å². The van der Waals surface area contributed by atoms with Gasteiger partial charge in [-0.25, -0.2) is 6.57 Å². The molecule has 62 valence electrons. The van der Waals surface area contributed by atoms with Crippen molar-refractivity contribution in [1.29, 1.82) is 0 Å². The Morgan fingerprint density at radius 1 is 1.50 bits per heavy atom. The number of hydrogen-bond acceptors (Lipinski definition) is 0. The van der Waals surface area contributed by atoms with Gasteiger partial charge in [0, 0.05) is 15.9 Å². The Labute approximate surface area is 85.3 Å². The largest absolute Gasteiger partial charge is 0.317 e. The van der Waals surface area contributed by atoms with Crippen LogP contribution in [0.2, 0.25) is 5.02 Å². The zero-order valence-corrected chi connectivity index (χ0v) is 8.69. The predicted octanol–water partition coefficient (Wildman–Crippen LogP) is 3.56. The van der Waals surface area contributed by atoms with Crippen LogP contribution >= 0.6 is 27.5 Å². The van der Waals surface area contributed by atoms with Gasteiger partial charge in [0.2, 0.25) is 6.54 Å². The molecule has 0 saturated heterocycles. The maximum absolute atomic E-state index is 6.65. The van der Waals surface area contributed by atoms with Crippen molar-refractivity contribution in [2.45, 2.75) is 6.42 Å². The second kappa shape index (κ2) is 4.49. The van der Waals surface area contributed by atoms with Crippen LogP contribution in [0.15, 0.2) is 22.7 Å². The number of nitrogens with zero attached hydrogens (tertiary/aromatic N) is 1. The highest BCUT2D eigenvalue weighted by atomic mass is 79.9. The van der Waals surface area contributed by atoms with E-state index in [1.165, 1.54) is 0 Å².